The van der Waals surface area contributed by atoms with Gasteiger partial charge < -0.3 is 9.47 Å². The Kier molecular flexibility index (Phi) is 4.04. The molecule has 2 heterocycles. The molecule has 0 amide bonds. The lowest BCUT2D eigenvalue weighted by Gasteiger charge is -2.12. The number of rotatable bonds is 4. The molecule has 7 heteroatoms. The van der Waals surface area contributed by atoms with Crippen LogP contribution in [0.25, 0.3) is 16.2 Å². The number of imidazole rings is 1. The number of aromatic nitrogens is 3. The summed E-state index contributed by atoms with van der Waals surface area (Å²) in [6.45, 7) is 6.24. The van der Waals surface area contributed by atoms with E-state index in [-0.39, 0.29) is 5.41 Å². The smallest absolute Gasteiger partial charge is 0.213 e. The number of ether oxygens (including phenoxy) is 2. The molecule has 0 aliphatic heterocycles. The Labute approximate surface area is 144 Å². The van der Waals surface area contributed by atoms with E-state index in [2.05, 4.69) is 30.9 Å². The van der Waals surface area contributed by atoms with E-state index in [9.17, 15) is 4.79 Å². The van der Waals surface area contributed by atoms with E-state index in [1.165, 1.54) is 11.3 Å². The van der Waals surface area contributed by atoms with Crippen molar-refractivity contribution < 1.29 is 14.3 Å². The molecular formula is C17H19N3O3S. The molecule has 1 aromatic carbocycles. The molecule has 0 atom stereocenters. The van der Waals surface area contributed by atoms with Crippen LogP contribution in [0.1, 0.15) is 36.3 Å². The summed E-state index contributed by atoms with van der Waals surface area (Å²) in [6.07, 6.45) is 0.778. The molecule has 0 bridgehead atoms. The zero-order chi connectivity index (χ0) is 17.5. The summed E-state index contributed by atoms with van der Waals surface area (Å²) in [5, 5.41) is 5.50. The summed E-state index contributed by atoms with van der Waals surface area (Å²) in [7, 11) is 3.18. The molecule has 0 fully saturated rings. The van der Waals surface area contributed by atoms with Crippen molar-refractivity contribution in [3.63, 3.8) is 0 Å². The molecule has 0 aliphatic carbocycles. The van der Waals surface area contributed by atoms with Crippen LogP contribution in [0.5, 0.6) is 11.5 Å². The van der Waals surface area contributed by atoms with Gasteiger partial charge in [-0.3, -0.25) is 4.79 Å². The summed E-state index contributed by atoms with van der Waals surface area (Å²) < 4.78 is 12.3. The van der Waals surface area contributed by atoms with Crippen molar-refractivity contribution in [1.29, 1.82) is 0 Å². The first kappa shape index (κ1) is 16.4. The molecule has 3 aromatic rings. The first-order valence-electron chi connectivity index (χ1n) is 7.46. The molecule has 0 saturated heterocycles. The van der Waals surface area contributed by atoms with Gasteiger partial charge in [0.25, 0.3) is 0 Å². The maximum Gasteiger partial charge on any atom is 0.213 e. The Hall–Kier alpha value is -2.41. The molecule has 3 rings (SSSR count). The van der Waals surface area contributed by atoms with E-state index < -0.39 is 0 Å². The third-order valence-corrected chi connectivity index (χ3v) is 4.99. The third-order valence-electron chi connectivity index (χ3n) is 3.65. The number of benzene rings is 1. The molecular weight excluding hydrogens is 326 g/mol. The monoisotopic (exact) mass is 345 g/mol. The summed E-state index contributed by atoms with van der Waals surface area (Å²) in [5.74, 6) is 1.29. The lowest BCUT2D eigenvalue weighted by Crippen LogP contribution is -2.11. The van der Waals surface area contributed by atoms with E-state index in [0.29, 0.717) is 33.4 Å². The number of fused-ring (bicyclic) bond motifs is 1. The van der Waals surface area contributed by atoms with Crippen molar-refractivity contribution in [2.24, 2.45) is 0 Å². The maximum absolute atomic E-state index is 11.7. The van der Waals surface area contributed by atoms with Crippen molar-refractivity contribution in [1.82, 2.24) is 14.6 Å². The molecule has 6 nitrogen and oxygen atoms in total. The van der Waals surface area contributed by atoms with Crippen LogP contribution in [0.3, 0.4) is 0 Å². The highest BCUT2D eigenvalue weighted by Crippen LogP contribution is 2.36. The van der Waals surface area contributed by atoms with Gasteiger partial charge in [0.15, 0.2) is 6.29 Å². The van der Waals surface area contributed by atoms with Crippen molar-refractivity contribution in [2.45, 2.75) is 26.2 Å². The minimum absolute atomic E-state index is 0.0979. The average Bonchev–Trinajstić information content (AvgIpc) is 3.11. The second kappa shape index (κ2) is 5.90. The normalized spacial score (nSPS) is 11.7. The Morgan fingerprint density at radius 3 is 2.54 bits per heavy atom. The van der Waals surface area contributed by atoms with E-state index >= 15 is 0 Å². The fourth-order valence-corrected chi connectivity index (χ4v) is 3.33. The molecule has 126 valence electrons. The second-order valence-electron chi connectivity index (χ2n) is 6.38. The zero-order valence-corrected chi connectivity index (χ0v) is 15.1. The number of hydrogen-bond acceptors (Lipinski definition) is 6. The van der Waals surface area contributed by atoms with Gasteiger partial charge in [-0.1, -0.05) is 32.1 Å². The standard InChI is InChI=1S/C17H19N3O3S/c1-17(2,3)15-19-20-12(9-21)14(18-16(20)24-15)11-8-10(22-4)6-7-13(11)23-5/h6-9H,1-5H3. The summed E-state index contributed by atoms with van der Waals surface area (Å²) in [6, 6.07) is 5.41. The first-order valence-corrected chi connectivity index (χ1v) is 8.28. The van der Waals surface area contributed by atoms with Gasteiger partial charge in [0.1, 0.15) is 27.9 Å². The van der Waals surface area contributed by atoms with Gasteiger partial charge in [-0.05, 0) is 18.2 Å². The molecule has 0 radical (unpaired) electrons. The molecule has 0 aliphatic rings. The second-order valence-corrected chi connectivity index (χ2v) is 7.34. The first-order chi connectivity index (χ1) is 11.4. The van der Waals surface area contributed by atoms with Gasteiger partial charge >= 0.3 is 0 Å². The van der Waals surface area contributed by atoms with Crippen molar-refractivity contribution in [3.8, 4) is 22.8 Å². The lowest BCUT2D eigenvalue weighted by atomic mass is 9.98. The van der Waals surface area contributed by atoms with Crippen molar-refractivity contribution in [3.05, 3.63) is 28.9 Å². The minimum atomic E-state index is -0.0979. The molecule has 0 N–H and O–H groups in total. The van der Waals surface area contributed by atoms with Crippen LogP contribution in [0.2, 0.25) is 0 Å². The predicted molar refractivity (Wildman–Crippen MR) is 93.5 cm³/mol. The van der Waals surface area contributed by atoms with E-state index in [4.69, 9.17) is 9.47 Å². The van der Waals surface area contributed by atoms with Gasteiger partial charge in [0, 0.05) is 11.0 Å². The number of aldehydes is 1. The lowest BCUT2D eigenvalue weighted by molar-refractivity contribution is 0.111. The highest BCUT2D eigenvalue weighted by Gasteiger charge is 2.24. The molecule has 24 heavy (non-hydrogen) atoms. The maximum atomic E-state index is 11.7. The van der Waals surface area contributed by atoms with E-state index in [1.807, 2.05) is 6.07 Å². The topological polar surface area (TPSA) is 65.7 Å². The minimum Gasteiger partial charge on any atom is -0.497 e. The molecule has 0 unspecified atom stereocenters. The van der Waals surface area contributed by atoms with Gasteiger partial charge in [-0.25, -0.2) is 4.98 Å². The van der Waals surface area contributed by atoms with Crippen LogP contribution in [0.15, 0.2) is 18.2 Å². The van der Waals surface area contributed by atoms with Gasteiger partial charge in [0.2, 0.25) is 4.96 Å². The number of methoxy groups -OCH3 is 2. The van der Waals surface area contributed by atoms with Crippen LogP contribution < -0.4 is 9.47 Å². The average molecular weight is 345 g/mol. The summed E-state index contributed by atoms with van der Waals surface area (Å²) >= 11 is 1.48. The largest absolute Gasteiger partial charge is 0.497 e. The van der Waals surface area contributed by atoms with Crippen molar-refractivity contribution in [2.75, 3.05) is 14.2 Å². The number of hydrogen-bond donors (Lipinski definition) is 0. The fourth-order valence-electron chi connectivity index (χ4n) is 2.37. The highest BCUT2D eigenvalue weighted by atomic mass is 32.1. The predicted octanol–water partition coefficient (Wildman–Crippen LogP) is 3.59. The van der Waals surface area contributed by atoms with Crippen LogP contribution >= 0.6 is 11.3 Å². The number of nitrogens with zero attached hydrogens (tertiary/aromatic N) is 3. The highest BCUT2D eigenvalue weighted by molar-refractivity contribution is 7.16. The Balaban J connectivity index is 2.24. The molecule has 2 aromatic heterocycles. The van der Waals surface area contributed by atoms with Crippen LogP contribution in [-0.4, -0.2) is 35.1 Å². The quantitative estimate of drug-likeness (QED) is 0.676. The zero-order valence-electron chi connectivity index (χ0n) is 14.3. The van der Waals surface area contributed by atoms with Crippen molar-refractivity contribution >= 4 is 22.6 Å². The Bertz CT molecular complexity index is 906. The van der Waals surface area contributed by atoms with Gasteiger partial charge in [-0.2, -0.15) is 9.61 Å². The Morgan fingerprint density at radius 2 is 1.96 bits per heavy atom. The Morgan fingerprint density at radius 1 is 1.21 bits per heavy atom. The van der Waals surface area contributed by atoms with E-state index in [1.54, 1.807) is 30.9 Å². The van der Waals surface area contributed by atoms with Gasteiger partial charge in [0.05, 0.1) is 14.2 Å². The van der Waals surface area contributed by atoms with Crippen LogP contribution in [-0.2, 0) is 5.41 Å². The third kappa shape index (κ3) is 2.65. The molecule has 0 spiro atoms. The van der Waals surface area contributed by atoms with Crippen LogP contribution in [0.4, 0.5) is 0 Å². The van der Waals surface area contributed by atoms with Crippen LogP contribution in [0, 0.1) is 0 Å². The van der Waals surface area contributed by atoms with E-state index in [0.717, 1.165) is 11.3 Å². The number of carbonyl (C=O) groups is 1. The van der Waals surface area contributed by atoms with Gasteiger partial charge in [-0.15, -0.1) is 0 Å². The number of carbonyl (C=O) groups excluding carboxylic acids is 1. The summed E-state index contributed by atoms with van der Waals surface area (Å²) in [5.41, 5.74) is 1.55. The SMILES string of the molecule is COc1ccc(OC)c(-c2nc3sc(C(C)(C)C)nn3c2C=O)c1. The molecule has 0 saturated carbocycles. The summed E-state index contributed by atoms with van der Waals surface area (Å²) in [4.78, 5) is 17.0. The fraction of sp³-hybridized carbons (Fsp3) is 0.353.